The number of esters is 1. The lowest BCUT2D eigenvalue weighted by atomic mass is 9.95. The largest absolute Gasteiger partial charge is 0.453 e. The van der Waals surface area contributed by atoms with Gasteiger partial charge in [-0.3, -0.25) is 63.0 Å². The van der Waals surface area contributed by atoms with Crippen LogP contribution in [-0.2, 0) is 67.0 Å². The average Bonchev–Trinajstić information content (AvgIpc) is 0.817. The predicted octanol–water partition coefficient (Wildman–Crippen LogP) is -3.18. The average molecular weight is 1400 g/mol. The van der Waals surface area contributed by atoms with Gasteiger partial charge in [-0.25, -0.2) is 9.59 Å². The van der Waals surface area contributed by atoms with Gasteiger partial charge in [-0.15, -0.1) is 0 Å². The molecular formula is C65H102N16O18. The molecule has 1 aliphatic rings. The van der Waals surface area contributed by atoms with E-state index in [9.17, 15) is 68.1 Å². The zero-order chi connectivity index (χ0) is 74.5. The highest BCUT2D eigenvalue weighted by atomic mass is 16.6. The minimum atomic E-state index is -2.50. The Kier molecular flexibility index (Phi) is 34.7. The highest BCUT2D eigenvalue weighted by Crippen LogP contribution is 2.25. The van der Waals surface area contributed by atoms with Crippen molar-refractivity contribution in [1.29, 1.82) is 0 Å². The third kappa shape index (κ3) is 27.7. The summed E-state index contributed by atoms with van der Waals surface area (Å²) >= 11 is 0. The maximum Gasteiger partial charge on any atom is 0.412 e. The summed E-state index contributed by atoms with van der Waals surface area (Å²) in [5.41, 5.74) is 23.1. The van der Waals surface area contributed by atoms with Gasteiger partial charge in [-0.05, 0) is 86.3 Å². The number of para-hydroxylation sites is 1. The summed E-state index contributed by atoms with van der Waals surface area (Å²) in [5.74, 6) is -17.6. The van der Waals surface area contributed by atoms with Crippen LogP contribution in [0.2, 0.25) is 0 Å². The van der Waals surface area contributed by atoms with E-state index in [1.165, 1.54) is 68.4 Å². The van der Waals surface area contributed by atoms with Crippen molar-refractivity contribution in [2.24, 2.45) is 57.5 Å². The van der Waals surface area contributed by atoms with Gasteiger partial charge in [0.2, 0.25) is 65.2 Å². The number of aliphatic hydroxyl groups excluding tert-OH is 3. The normalized spacial score (nSPS) is 23.4. The number of nitrogens with one attached hydrogen (secondary N) is 11. The minimum Gasteiger partial charge on any atom is -0.453 e. The summed E-state index contributed by atoms with van der Waals surface area (Å²) in [6.07, 6.45) is -9.61. The number of ether oxygens (including phenoxy) is 2. The Morgan fingerprint density at radius 1 is 0.636 bits per heavy atom. The number of hydrogen-bond donors (Lipinski definition) is 18. The van der Waals surface area contributed by atoms with E-state index in [1.54, 1.807) is 47.6 Å². The third-order valence-corrected chi connectivity index (χ3v) is 15.7. The smallest absolute Gasteiger partial charge is 0.412 e. The lowest BCUT2D eigenvalue weighted by Gasteiger charge is -2.34. The number of amides is 12. The number of guanidine groups is 1. The fourth-order valence-corrected chi connectivity index (χ4v) is 10.2. The second-order valence-electron chi connectivity index (χ2n) is 25.9. The lowest BCUT2D eigenvalue weighted by Crippen LogP contribution is -2.64. The number of nitrogens with two attached hydrogens (primary N) is 4. The van der Waals surface area contributed by atoms with E-state index in [1.807, 2.05) is 13.8 Å². The minimum absolute atomic E-state index is 0.0311. The van der Waals surface area contributed by atoms with Crippen LogP contribution < -0.4 is 81.4 Å². The molecule has 99 heavy (non-hydrogen) atoms. The number of nitrogens with zero attached hydrogens (tertiary/aromatic N) is 1. The third-order valence-electron chi connectivity index (χ3n) is 15.7. The molecule has 2 aromatic carbocycles. The molecule has 34 heteroatoms. The molecule has 34 nitrogen and oxygen atoms in total. The molecule has 1 saturated heterocycles. The van der Waals surface area contributed by atoms with E-state index in [2.05, 4.69) is 63.5 Å². The van der Waals surface area contributed by atoms with Gasteiger partial charge >= 0.3 is 12.1 Å². The molecule has 0 bridgehead atoms. The summed E-state index contributed by atoms with van der Waals surface area (Å²) in [6, 6.07) is -3.71. The van der Waals surface area contributed by atoms with Crippen LogP contribution in [0.4, 0.5) is 10.5 Å². The van der Waals surface area contributed by atoms with E-state index in [4.69, 9.17) is 32.4 Å². The van der Waals surface area contributed by atoms with Crippen LogP contribution in [0.1, 0.15) is 126 Å². The molecule has 0 unspecified atom stereocenters. The molecule has 0 aliphatic carbocycles. The number of aliphatic imine (C=N–C) groups is 1. The summed E-state index contributed by atoms with van der Waals surface area (Å²) in [4.78, 5) is 191. The van der Waals surface area contributed by atoms with Crippen molar-refractivity contribution in [3.05, 3.63) is 66.2 Å². The van der Waals surface area contributed by atoms with E-state index in [0.29, 0.717) is 0 Å². The van der Waals surface area contributed by atoms with Crippen LogP contribution in [0.15, 0.2) is 65.7 Å². The number of aliphatic hydroxyl groups is 3. The first-order valence-corrected chi connectivity index (χ1v) is 32.9. The topological polar surface area (TPSA) is 550 Å². The first kappa shape index (κ1) is 83.7. The monoisotopic (exact) mass is 1390 g/mol. The van der Waals surface area contributed by atoms with Gasteiger partial charge in [0.05, 0.1) is 31.4 Å². The van der Waals surface area contributed by atoms with E-state index in [-0.39, 0.29) is 74.1 Å². The predicted molar refractivity (Wildman–Crippen MR) is 361 cm³/mol. The molecule has 0 spiro atoms. The molecule has 15 atom stereocenters. The Morgan fingerprint density at radius 3 is 1.73 bits per heavy atom. The Bertz CT molecular complexity index is 3100. The number of primary amides is 1. The molecule has 0 saturated carbocycles. The van der Waals surface area contributed by atoms with Gasteiger partial charge in [0.25, 0.3) is 5.91 Å². The van der Waals surface area contributed by atoms with E-state index in [0.717, 1.165) is 6.92 Å². The maximum absolute atomic E-state index is 15.5. The molecule has 0 radical (unpaired) electrons. The highest BCUT2D eigenvalue weighted by molar-refractivity contribution is 6.01. The Morgan fingerprint density at radius 2 is 1.18 bits per heavy atom. The fourth-order valence-electron chi connectivity index (χ4n) is 10.2. The van der Waals surface area contributed by atoms with Gasteiger partial charge in [0.1, 0.15) is 42.3 Å². The second-order valence-corrected chi connectivity index (χ2v) is 25.9. The first-order chi connectivity index (χ1) is 46.5. The van der Waals surface area contributed by atoms with Crippen LogP contribution in [0, 0.1) is 29.6 Å². The van der Waals surface area contributed by atoms with Gasteiger partial charge in [-0.2, -0.15) is 0 Å². The molecular weight excluding hydrogens is 1290 g/mol. The first-order valence-electron chi connectivity index (χ1n) is 32.9. The number of rotatable bonds is 25. The van der Waals surface area contributed by atoms with Crippen molar-refractivity contribution >= 4 is 88.7 Å². The highest BCUT2D eigenvalue weighted by Gasteiger charge is 2.45. The quantitative estimate of drug-likeness (QED) is 0.0202. The van der Waals surface area contributed by atoms with Crippen molar-refractivity contribution < 1.29 is 87.1 Å². The van der Waals surface area contributed by atoms with Gasteiger partial charge in [0.15, 0.2) is 24.1 Å². The van der Waals surface area contributed by atoms with Crippen molar-refractivity contribution in [3.63, 3.8) is 0 Å². The number of cyclic esters (lactones) is 1. The number of hydrogen-bond acceptors (Lipinski definition) is 20. The van der Waals surface area contributed by atoms with Crippen molar-refractivity contribution in [2.45, 2.75) is 200 Å². The maximum atomic E-state index is 15.5. The van der Waals surface area contributed by atoms with E-state index < -0.39 is 193 Å². The van der Waals surface area contributed by atoms with Crippen LogP contribution in [0.3, 0.4) is 0 Å². The summed E-state index contributed by atoms with van der Waals surface area (Å²) in [6.45, 7) is 15.2. The molecule has 1 heterocycles. The summed E-state index contributed by atoms with van der Waals surface area (Å²) in [7, 11) is 0. The van der Waals surface area contributed by atoms with Crippen LogP contribution in [0.25, 0.3) is 0 Å². The van der Waals surface area contributed by atoms with Gasteiger partial charge < -0.3 is 101 Å². The number of carbonyl (C=O) groups excluding carboxylic acids is 13. The zero-order valence-electron chi connectivity index (χ0n) is 57.8. The Hall–Kier alpha value is -9.54. The lowest BCUT2D eigenvalue weighted by molar-refractivity contribution is -0.159. The van der Waals surface area contributed by atoms with E-state index >= 15 is 9.59 Å². The molecule has 550 valence electrons. The molecule has 12 amide bonds. The number of benzene rings is 2. The SMILES string of the molecule is CC[C@H](C)[C@@H]1NC(=O)[C@@H](CCCN=C(N)N)NC(=O)[C@H](CC(C)C)NC(=O)[C@H]([C@H](O)C(C)C)NC(=O)[C@@H](NC(=O)[C@H](CC(C)C)NC(=O)[C@H](N)CC(C)C)[C@@H](c2ccccc2)OC(=O)[C@H](CO)NC(=O)[C@H]([C@H](OC(=O)Nc2ccccc2)C(N)=O)NC(=O)CNC(=O)[C@H]([C@H](C)O)NC1=O. The van der Waals surface area contributed by atoms with Crippen LogP contribution in [0.5, 0.6) is 0 Å². The molecule has 1 aliphatic heterocycles. The Balaban J connectivity index is 2.48. The zero-order valence-corrected chi connectivity index (χ0v) is 57.8. The van der Waals surface area contributed by atoms with Crippen molar-refractivity contribution in [3.8, 4) is 0 Å². The molecule has 1 fully saturated rings. The van der Waals surface area contributed by atoms with Crippen molar-refractivity contribution in [2.75, 3.05) is 25.0 Å². The Labute approximate surface area is 575 Å². The molecule has 3 rings (SSSR count). The number of anilines is 1. The van der Waals surface area contributed by atoms with Gasteiger partial charge in [0, 0.05) is 12.2 Å². The van der Waals surface area contributed by atoms with Crippen molar-refractivity contribution in [1.82, 2.24) is 53.2 Å². The second kappa shape index (κ2) is 41.0. The van der Waals surface area contributed by atoms with Crippen LogP contribution in [-0.4, -0.2) is 197 Å². The van der Waals surface area contributed by atoms with Gasteiger partial charge in [-0.1, -0.05) is 124 Å². The molecule has 22 N–H and O–H groups in total. The number of carbonyl (C=O) groups is 13. The molecule has 0 aromatic heterocycles. The summed E-state index contributed by atoms with van der Waals surface area (Å²) in [5, 5.41) is 60.3. The fraction of sp³-hybridized carbons (Fsp3) is 0.600. The molecule has 2 aromatic rings. The summed E-state index contributed by atoms with van der Waals surface area (Å²) < 4.78 is 11.3. The van der Waals surface area contributed by atoms with Crippen LogP contribution >= 0.6 is 0 Å². The standard InChI is InChI=1S/C65H102N16O18/c1-12-35(10)45-59(92)79-46(36(11)83)58(91)71-29-44(84)77-49(52(53(67)86)99-65(97)72-38-22-17-14-18-23-38)61(94)76-43(30-82)63(96)98-51(37-20-15-13-16-21-37)48(81-57(90)42(28-33(6)7)74-54(87)39(66)26-31(2)3)62(95)80-47(50(85)34(8)9)60(93)75-41(27-32(4)5)56(89)73-40(55(88)78-45)24-19-25-70-64(68)69/h13-18,20-23,31-36,39-43,45-52,82-83,85H,12,19,24-30,66H2,1-11H3,(H2,67,86)(H,71,91)(H,72,97)(H,73,89)(H,74,87)(H,75,93)(H,76,94)(H,77,84)(H,78,88)(H,79,92)(H,80,95)(H,81,90)(H4,68,69,70)/t35-,36-,39+,40+,41-,42-,43-,45-,46-,47-,48-,49-,50+,51+,52-/m0/s1.